The van der Waals surface area contributed by atoms with Gasteiger partial charge in [-0.2, -0.15) is 0 Å². The summed E-state index contributed by atoms with van der Waals surface area (Å²) < 4.78 is 0. The second-order valence-corrected chi connectivity index (χ2v) is 6.65. The Hall–Kier alpha value is -0.380. The average molecular weight is 240 g/mol. The molecule has 0 unspecified atom stereocenters. The SMILES string of the molecule is Cc1cc(CNCCNC(C)(C)C)sc1C. The predicted molar refractivity (Wildman–Crippen MR) is 73.3 cm³/mol. The van der Waals surface area contributed by atoms with Crippen molar-refractivity contribution in [2.45, 2.75) is 46.7 Å². The maximum Gasteiger partial charge on any atom is 0.0300 e. The first-order valence-corrected chi connectivity index (χ1v) is 6.72. The molecule has 0 aliphatic rings. The topological polar surface area (TPSA) is 24.1 Å². The van der Waals surface area contributed by atoms with Gasteiger partial charge in [0, 0.05) is 34.9 Å². The minimum Gasteiger partial charge on any atom is -0.311 e. The average Bonchev–Trinajstić information content (AvgIpc) is 2.44. The summed E-state index contributed by atoms with van der Waals surface area (Å²) >= 11 is 1.90. The van der Waals surface area contributed by atoms with Crippen molar-refractivity contribution in [1.29, 1.82) is 0 Å². The van der Waals surface area contributed by atoms with Crippen LogP contribution in [-0.4, -0.2) is 18.6 Å². The van der Waals surface area contributed by atoms with E-state index in [1.807, 2.05) is 11.3 Å². The van der Waals surface area contributed by atoms with Gasteiger partial charge >= 0.3 is 0 Å². The second kappa shape index (κ2) is 5.80. The Morgan fingerprint density at radius 1 is 1.19 bits per heavy atom. The summed E-state index contributed by atoms with van der Waals surface area (Å²) in [5, 5.41) is 6.93. The van der Waals surface area contributed by atoms with Crippen molar-refractivity contribution in [3.05, 3.63) is 21.4 Å². The van der Waals surface area contributed by atoms with E-state index >= 15 is 0 Å². The third-order valence-corrected chi connectivity index (χ3v) is 3.63. The molecule has 2 N–H and O–H groups in total. The summed E-state index contributed by atoms with van der Waals surface area (Å²) in [6, 6.07) is 2.28. The molecule has 92 valence electrons. The number of hydrogen-bond acceptors (Lipinski definition) is 3. The highest BCUT2D eigenvalue weighted by Crippen LogP contribution is 2.19. The van der Waals surface area contributed by atoms with E-state index in [-0.39, 0.29) is 5.54 Å². The van der Waals surface area contributed by atoms with Crippen molar-refractivity contribution in [2.75, 3.05) is 13.1 Å². The molecule has 0 atom stereocenters. The third-order valence-electron chi connectivity index (χ3n) is 2.47. The maximum atomic E-state index is 3.47. The first-order valence-electron chi connectivity index (χ1n) is 5.90. The normalized spacial score (nSPS) is 12.1. The fraction of sp³-hybridized carbons (Fsp3) is 0.692. The first-order chi connectivity index (χ1) is 7.38. The molecule has 2 nitrogen and oxygen atoms in total. The van der Waals surface area contributed by atoms with Crippen molar-refractivity contribution in [2.24, 2.45) is 0 Å². The Kier molecular flexibility index (Phi) is 4.96. The van der Waals surface area contributed by atoms with E-state index in [9.17, 15) is 0 Å². The number of aryl methyl sites for hydroxylation is 2. The lowest BCUT2D eigenvalue weighted by Crippen LogP contribution is -2.40. The number of thiophene rings is 1. The molecular weight excluding hydrogens is 216 g/mol. The second-order valence-electron chi connectivity index (χ2n) is 5.31. The quantitative estimate of drug-likeness (QED) is 0.773. The zero-order valence-corrected chi connectivity index (χ0v) is 11.9. The largest absolute Gasteiger partial charge is 0.311 e. The number of hydrogen-bond donors (Lipinski definition) is 2. The van der Waals surface area contributed by atoms with Crippen LogP contribution in [0.4, 0.5) is 0 Å². The van der Waals surface area contributed by atoms with E-state index in [0.29, 0.717) is 0 Å². The molecule has 1 heterocycles. The summed E-state index contributed by atoms with van der Waals surface area (Å²) in [6.07, 6.45) is 0. The number of rotatable bonds is 5. The monoisotopic (exact) mass is 240 g/mol. The van der Waals surface area contributed by atoms with Crippen LogP contribution in [0.2, 0.25) is 0 Å². The van der Waals surface area contributed by atoms with Crippen LogP contribution < -0.4 is 10.6 Å². The van der Waals surface area contributed by atoms with Crippen LogP contribution in [-0.2, 0) is 6.54 Å². The summed E-state index contributed by atoms with van der Waals surface area (Å²) in [5.74, 6) is 0. The highest BCUT2D eigenvalue weighted by molar-refractivity contribution is 7.12. The molecule has 1 rings (SSSR count). The molecular formula is C13H24N2S. The van der Waals surface area contributed by atoms with Crippen LogP contribution >= 0.6 is 11.3 Å². The van der Waals surface area contributed by atoms with Gasteiger partial charge in [-0.15, -0.1) is 11.3 Å². The van der Waals surface area contributed by atoms with Gasteiger partial charge in [-0.25, -0.2) is 0 Å². The van der Waals surface area contributed by atoms with Crippen LogP contribution in [0.5, 0.6) is 0 Å². The molecule has 0 aliphatic heterocycles. The Bertz CT molecular complexity index is 304. The molecule has 0 saturated heterocycles. The molecule has 0 fully saturated rings. The van der Waals surface area contributed by atoms with Crippen molar-refractivity contribution in [1.82, 2.24) is 10.6 Å². The lowest BCUT2D eigenvalue weighted by molar-refractivity contribution is 0.422. The standard InChI is InChI=1S/C13H24N2S/c1-10-8-12(16-11(10)2)9-14-6-7-15-13(3,4)5/h8,14-15H,6-7,9H2,1-5H3. The zero-order valence-electron chi connectivity index (χ0n) is 11.1. The minimum atomic E-state index is 0.220. The fourth-order valence-electron chi connectivity index (χ4n) is 1.47. The molecule has 0 aliphatic carbocycles. The molecule has 0 amide bonds. The summed E-state index contributed by atoms with van der Waals surface area (Å²) in [7, 11) is 0. The Morgan fingerprint density at radius 2 is 1.88 bits per heavy atom. The van der Waals surface area contributed by atoms with Crippen molar-refractivity contribution >= 4 is 11.3 Å². The molecule has 0 aromatic carbocycles. The fourth-order valence-corrected chi connectivity index (χ4v) is 2.50. The van der Waals surface area contributed by atoms with Crippen LogP contribution in [0.3, 0.4) is 0 Å². The van der Waals surface area contributed by atoms with Gasteiger partial charge in [-0.1, -0.05) is 0 Å². The first kappa shape index (κ1) is 13.7. The Morgan fingerprint density at radius 3 is 2.38 bits per heavy atom. The maximum absolute atomic E-state index is 3.47. The lowest BCUT2D eigenvalue weighted by Gasteiger charge is -2.20. The third kappa shape index (κ3) is 5.10. The molecule has 1 aromatic heterocycles. The molecule has 0 spiro atoms. The predicted octanol–water partition coefficient (Wildman–Crippen LogP) is 2.84. The van der Waals surface area contributed by atoms with Gasteiger partial charge in [0.15, 0.2) is 0 Å². The minimum absolute atomic E-state index is 0.220. The van der Waals surface area contributed by atoms with E-state index in [2.05, 4.69) is 51.3 Å². The van der Waals surface area contributed by atoms with Crippen LogP contribution in [0, 0.1) is 13.8 Å². The van der Waals surface area contributed by atoms with E-state index in [1.165, 1.54) is 15.3 Å². The van der Waals surface area contributed by atoms with E-state index in [1.54, 1.807) is 0 Å². The van der Waals surface area contributed by atoms with Gasteiger partial charge in [-0.05, 0) is 46.2 Å². The van der Waals surface area contributed by atoms with Crippen LogP contribution in [0.25, 0.3) is 0 Å². The molecule has 0 bridgehead atoms. The lowest BCUT2D eigenvalue weighted by atomic mass is 10.1. The van der Waals surface area contributed by atoms with Crippen molar-refractivity contribution < 1.29 is 0 Å². The molecule has 0 saturated carbocycles. The molecule has 0 radical (unpaired) electrons. The highest BCUT2D eigenvalue weighted by atomic mass is 32.1. The molecule has 16 heavy (non-hydrogen) atoms. The summed E-state index contributed by atoms with van der Waals surface area (Å²) in [5.41, 5.74) is 1.63. The van der Waals surface area contributed by atoms with Crippen LogP contribution in [0.15, 0.2) is 6.07 Å². The van der Waals surface area contributed by atoms with Gasteiger partial charge < -0.3 is 10.6 Å². The van der Waals surface area contributed by atoms with E-state index in [4.69, 9.17) is 0 Å². The van der Waals surface area contributed by atoms with Crippen molar-refractivity contribution in [3.8, 4) is 0 Å². The Balaban J connectivity index is 2.16. The van der Waals surface area contributed by atoms with Gasteiger partial charge in [0.05, 0.1) is 0 Å². The Labute approximate surface area is 103 Å². The van der Waals surface area contributed by atoms with Crippen molar-refractivity contribution in [3.63, 3.8) is 0 Å². The number of nitrogens with one attached hydrogen (secondary N) is 2. The summed E-state index contributed by atoms with van der Waals surface area (Å²) in [6.45, 7) is 14.0. The highest BCUT2D eigenvalue weighted by Gasteiger charge is 2.07. The molecule has 3 heteroatoms. The summed E-state index contributed by atoms with van der Waals surface area (Å²) in [4.78, 5) is 2.87. The molecule has 1 aromatic rings. The van der Waals surface area contributed by atoms with Gasteiger partial charge in [0.1, 0.15) is 0 Å². The van der Waals surface area contributed by atoms with Gasteiger partial charge in [0.25, 0.3) is 0 Å². The van der Waals surface area contributed by atoms with Gasteiger partial charge in [0.2, 0.25) is 0 Å². The van der Waals surface area contributed by atoms with Crippen LogP contribution in [0.1, 0.15) is 36.1 Å². The van der Waals surface area contributed by atoms with E-state index < -0.39 is 0 Å². The van der Waals surface area contributed by atoms with Gasteiger partial charge in [-0.3, -0.25) is 0 Å². The zero-order chi connectivity index (χ0) is 12.2. The smallest absolute Gasteiger partial charge is 0.0300 e. The van der Waals surface area contributed by atoms with E-state index in [0.717, 1.165) is 19.6 Å².